The molecule has 0 fully saturated rings. The summed E-state index contributed by atoms with van der Waals surface area (Å²) < 4.78 is 0. The summed E-state index contributed by atoms with van der Waals surface area (Å²) in [6.07, 6.45) is 0.998. The topological polar surface area (TPSA) is 40.5 Å². The number of aryl methyl sites for hydroxylation is 1. The van der Waals surface area contributed by atoms with Gasteiger partial charge in [-0.25, -0.2) is 4.79 Å². The minimum absolute atomic E-state index is 0.502. The lowest BCUT2D eigenvalue weighted by atomic mass is 10.1. The van der Waals surface area contributed by atoms with Crippen molar-refractivity contribution >= 4 is 11.7 Å². The summed E-state index contributed by atoms with van der Waals surface area (Å²) in [4.78, 5) is 12.5. The molecule has 0 unspecified atom stereocenters. The Morgan fingerprint density at radius 1 is 1.40 bits per heavy atom. The second-order valence-corrected chi connectivity index (χ2v) is 3.65. The normalized spacial score (nSPS) is 12.2. The van der Waals surface area contributed by atoms with Crippen molar-refractivity contribution < 1.29 is 9.90 Å². The molecule has 0 aliphatic rings. The Balaban J connectivity index is 2.82. The second kappa shape index (κ2) is 4.82. The fourth-order valence-corrected chi connectivity index (χ4v) is 1.36. The van der Waals surface area contributed by atoms with Gasteiger partial charge in [-0.05, 0) is 31.0 Å². The van der Waals surface area contributed by atoms with E-state index < -0.39 is 12.0 Å². The van der Waals surface area contributed by atoms with Gasteiger partial charge in [0.1, 0.15) is 6.04 Å². The lowest BCUT2D eigenvalue weighted by Gasteiger charge is -2.23. The van der Waals surface area contributed by atoms with Gasteiger partial charge in [0.05, 0.1) is 0 Å². The lowest BCUT2D eigenvalue weighted by Crippen LogP contribution is -2.35. The summed E-state index contributed by atoms with van der Waals surface area (Å²) in [6.45, 7) is 3.77. The first kappa shape index (κ1) is 11.6. The molecular formula is C12H17NO2. The second-order valence-electron chi connectivity index (χ2n) is 3.65. The zero-order valence-corrected chi connectivity index (χ0v) is 9.40. The zero-order chi connectivity index (χ0) is 11.4. The minimum atomic E-state index is -0.808. The number of carbonyl (C=O) groups is 1. The predicted octanol–water partition coefficient (Wildman–Crippen LogP) is 2.16. The van der Waals surface area contributed by atoms with E-state index >= 15 is 0 Å². The number of hydrogen-bond acceptors (Lipinski definition) is 2. The molecule has 0 amide bonds. The van der Waals surface area contributed by atoms with Gasteiger partial charge in [0.15, 0.2) is 0 Å². The highest BCUT2D eigenvalue weighted by Gasteiger charge is 2.16. The molecule has 1 aromatic carbocycles. The molecule has 1 aromatic rings. The van der Waals surface area contributed by atoms with Crippen LogP contribution in [0, 0.1) is 0 Å². The van der Waals surface area contributed by atoms with E-state index in [1.165, 1.54) is 5.56 Å². The maximum absolute atomic E-state index is 10.8. The summed E-state index contributed by atoms with van der Waals surface area (Å²) in [6, 6.07) is 7.47. The van der Waals surface area contributed by atoms with Crippen LogP contribution in [0.15, 0.2) is 24.3 Å². The van der Waals surface area contributed by atoms with Gasteiger partial charge >= 0.3 is 5.97 Å². The van der Waals surface area contributed by atoms with Crippen LogP contribution in [0.1, 0.15) is 19.4 Å². The first-order valence-electron chi connectivity index (χ1n) is 5.10. The van der Waals surface area contributed by atoms with Crippen molar-refractivity contribution in [3.05, 3.63) is 29.8 Å². The summed E-state index contributed by atoms with van der Waals surface area (Å²) in [7, 11) is 1.79. The van der Waals surface area contributed by atoms with E-state index in [2.05, 4.69) is 6.92 Å². The standard InChI is InChI=1S/C12H17NO2/c1-4-10-5-7-11(8-6-10)13(3)9(2)12(14)15/h5-9H,4H2,1-3H3,(H,14,15)/t9-/m1/s1. The molecule has 3 nitrogen and oxygen atoms in total. The fourth-order valence-electron chi connectivity index (χ4n) is 1.36. The number of aliphatic carboxylic acids is 1. The molecule has 0 saturated carbocycles. The SMILES string of the molecule is CCc1ccc(N(C)[C@H](C)C(=O)O)cc1. The van der Waals surface area contributed by atoms with Gasteiger partial charge < -0.3 is 10.0 Å². The smallest absolute Gasteiger partial charge is 0.326 e. The van der Waals surface area contributed by atoms with Gasteiger partial charge in [-0.3, -0.25) is 0 Å². The summed E-state index contributed by atoms with van der Waals surface area (Å²) in [5.41, 5.74) is 2.19. The quantitative estimate of drug-likeness (QED) is 0.822. The van der Waals surface area contributed by atoms with Crippen LogP contribution in [-0.4, -0.2) is 24.2 Å². The molecule has 1 N–H and O–H groups in total. The Kier molecular flexibility index (Phi) is 3.72. The summed E-state index contributed by atoms with van der Waals surface area (Å²) in [5.74, 6) is -0.808. The average Bonchev–Trinajstić information content (AvgIpc) is 2.27. The third-order valence-corrected chi connectivity index (χ3v) is 2.69. The third-order valence-electron chi connectivity index (χ3n) is 2.69. The van der Waals surface area contributed by atoms with Gasteiger partial charge in [-0.2, -0.15) is 0 Å². The van der Waals surface area contributed by atoms with Crippen molar-refractivity contribution in [2.24, 2.45) is 0 Å². The highest BCUT2D eigenvalue weighted by molar-refractivity contribution is 5.77. The van der Waals surface area contributed by atoms with Crippen molar-refractivity contribution in [1.82, 2.24) is 0 Å². The lowest BCUT2D eigenvalue weighted by molar-refractivity contribution is -0.138. The van der Waals surface area contributed by atoms with Crippen LogP contribution in [0.3, 0.4) is 0 Å². The molecule has 0 radical (unpaired) electrons. The molecule has 0 spiro atoms. The van der Waals surface area contributed by atoms with Crippen LogP contribution >= 0.6 is 0 Å². The van der Waals surface area contributed by atoms with Crippen molar-refractivity contribution in [2.75, 3.05) is 11.9 Å². The first-order chi connectivity index (χ1) is 7.06. The number of likely N-dealkylation sites (N-methyl/N-ethyl adjacent to an activating group) is 1. The maximum Gasteiger partial charge on any atom is 0.326 e. The van der Waals surface area contributed by atoms with Gasteiger partial charge in [0.2, 0.25) is 0 Å². The molecule has 0 aliphatic heterocycles. The van der Waals surface area contributed by atoms with Crippen LogP contribution in [0.2, 0.25) is 0 Å². The largest absolute Gasteiger partial charge is 0.480 e. The average molecular weight is 207 g/mol. The zero-order valence-electron chi connectivity index (χ0n) is 9.40. The van der Waals surface area contributed by atoms with Gasteiger partial charge in [0, 0.05) is 12.7 Å². The number of carboxylic acid groups (broad SMARTS) is 1. The van der Waals surface area contributed by atoms with Crippen LogP contribution in [0.25, 0.3) is 0 Å². The van der Waals surface area contributed by atoms with Crippen molar-refractivity contribution in [1.29, 1.82) is 0 Å². The Labute approximate surface area is 90.3 Å². The van der Waals surface area contributed by atoms with Crippen LogP contribution < -0.4 is 4.90 Å². The summed E-state index contributed by atoms with van der Waals surface area (Å²) in [5, 5.41) is 8.87. The highest BCUT2D eigenvalue weighted by Crippen LogP contribution is 2.16. The van der Waals surface area contributed by atoms with E-state index in [1.54, 1.807) is 18.9 Å². The molecule has 0 bridgehead atoms. The van der Waals surface area contributed by atoms with Crippen LogP contribution in [0.4, 0.5) is 5.69 Å². The van der Waals surface area contributed by atoms with E-state index in [0.717, 1.165) is 12.1 Å². The molecule has 82 valence electrons. The molecular weight excluding hydrogens is 190 g/mol. The van der Waals surface area contributed by atoms with Gasteiger partial charge in [-0.1, -0.05) is 19.1 Å². The Bertz CT molecular complexity index is 332. The van der Waals surface area contributed by atoms with E-state index in [0.29, 0.717) is 0 Å². The predicted molar refractivity (Wildman–Crippen MR) is 61.3 cm³/mol. The molecule has 3 heteroatoms. The Morgan fingerprint density at radius 3 is 2.33 bits per heavy atom. The van der Waals surface area contributed by atoms with Gasteiger partial charge in [0.25, 0.3) is 0 Å². The van der Waals surface area contributed by atoms with E-state index in [1.807, 2.05) is 24.3 Å². The number of carboxylic acids is 1. The molecule has 15 heavy (non-hydrogen) atoms. The van der Waals surface area contributed by atoms with Crippen molar-refractivity contribution in [2.45, 2.75) is 26.3 Å². The number of nitrogens with zero attached hydrogens (tertiary/aromatic N) is 1. The first-order valence-corrected chi connectivity index (χ1v) is 5.10. The number of hydrogen-bond donors (Lipinski definition) is 1. The number of benzene rings is 1. The summed E-state index contributed by atoms with van der Waals surface area (Å²) >= 11 is 0. The fraction of sp³-hybridized carbons (Fsp3) is 0.417. The molecule has 0 aromatic heterocycles. The molecule has 1 atom stereocenters. The molecule has 0 aliphatic carbocycles. The third kappa shape index (κ3) is 2.72. The van der Waals surface area contributed by atoms with Gasteiger partial charge in [-0.15, -0.1) is 0 Å². The monoisotopic (exact) mass is 207 g/mol. The Morgan fingerprint density at radius 2 is 1.93 bits per heavy atom. The van der Waals surface area contributed by atoms with Crippen molar-refractivity contribution in [3.8, 4) is 0 Å². The van der Waals surface area contributed by atoms with Crippen LogP contribution in [-0.2, 0) is 11.2 Å². The molecule has 1 rings (SSSR count). The van der Waals surface area contributed by atoms with Crippen molar-refractivity contribution in [3.63, 3.8) is 0 Å². The number of rotatable bonds is 4. The molecule has 0 saturated heterocycles. The maximum atomic E-state index is 10.8. The number of anilines is 1. The molecule has 0 heterocycles. The van der Waals surface area contributed by atoms with E-state index in [4.69, 9.17) is 5.11 Å². The highest BCUT2D eigenvalue weighted by atomic mass is 16.4. The minimum Gasteiger partial charge on any atom is -0.480 e. The van der Waals surface area contributed by atoms with Crippen LogP contribution in [0.5, 0.6) is 0 Å². The van der Waals surface area contributed by atoms with E-state index in [-0.39, 0.29) is 0 Å². The van der Waals surface area contributed by atoms with E-state index in [9.17, 15) is 4.79 Å². The Hall–Kier alpha value is -1.51.